The molecule has 1 N–H and O–H groups in total. The summed E-state index contributed by atoms with van der Waals surface area (Å²) in [6.45, 7) is 4.08. The second-order valence-corrected chi connectivity index (χ2v) is 6.67. The third-order valence-electron chi connectivity index (χ3n) is 3.43. The molecule has 1 aromatic carbocycles. The molecule has 1 amide bonds. The number of nitrogens with one attached hydrogen (secondary N) is 1. The monoisotopic (exact) mass is 345 g/mol. The Morgan fingerprint density at radius 1 is 1.35 bits per heavy atom. The summed E-state index contributed by atoms with van der Waals surface area (Å²) in [6.07, 6.45) is 1.61. The normalized spacial score (nSPS) is 11.0. The predicted molar refractivity (Wildman–Crippen MR) is 94.9 cm³/mol. The molecule has 0 radical (unpaired) electrons. The molecule has 3 rings (SSSR count). The molecule has 0 spiro atoms. The number of carbonyl (C=O) groups is 1. The third kappa shape index (κ3) is 3.30. The number of benzene rings is 1. The number of thiophene rings is 1. The van der Waals surface area contributed by atoms with Crippen molar-refractivity contribution in [2.24, 2.45) is 0 Å². The van der Waals surface area contributed by atoms with Gasteiger partial charge in [-0.05, 0) is 35.6 Å². The zero-order chi connectivity index (χ0) is 16.4. The van der Waals surface area contributed by atoms with Crippen LogP contribution >= 0.6 is 22.9 Å². The predicted octanol–water partition coefficient (Wildman–Crippen LogP) is 4.96. The number of hydrogen-bond acceptors (Lipinski definition) is 3. The summed E-state index contributed by atoms with van der Waals surface area (Å²) in [5.41, 5.74) is 3.08. The molecule has 0 aliphatic rings. The summed E-state index contributed by atoms with van der Waals surface area (Å²) in [7, 11) is 0. The first-order valence-electron chi connectivity index (χ1n) is 7.23. The number of hydrogen-bond donors (Lipinski definition) is 1. The minimum atomic E-state index is -0.152. The van der Waals surface area contributed by atoms with Crippen LogP contribution in [-0.2, 0) is 0 Å². The number of carbonyl (C=O) groups excluding carboxylic acids is 1. The molecule has 23 heavy (non-hydrogen) atoms. The van der Waals surface area contributed by atoms with E-state index in [1.165, 1.54) is 0 Å². The first-order chi connectivity index (χ1) is 11.1. The van der Waals surface area contributed by atoms with Gasteiger partial charge >= 0.3 is 0 Å². The van der Waals surface area contributed by atoms with Crippen molar-refractivity contribution in [3.05, 3.63) is 63.6 Å². The number of anilines is 1. The first kappa shape index (κ1) is 15.8. The molecule has 0 atom stereocenters. The Hall–Kier alpha value is -2.11. The molecular formula is C17H16ClN3OS. The fourth-order valence-corrected chi connectivity index (χ4v) is 3.21. The van der Waals surface area contributed by atoms with Gasteiger partial charge in [-0.1, -0.05) is 31.5 Å². The first-order valence-corrected chi connectivity index (χ1v) is 8.55. The average Bonchev–Trinajstić information content (AvgIpc) is 3.15. The van der Waals surface area contributed by atoms with Gasteiger partial charge in [-0.2, -0.15) is 16.4 Å². The third-order valence-corrected chi connectivity index (χ3v) is 4.35. The summed E-state index contributed by atoms with van der Waals surface area (Å²) in [5.74, 6) is -0.0138. The van der Waals surface area contributed by atoms with Crippen LogP contribution in [0, 0.1) is 0 Å². The fraction of sp³-hybridized carbons (Fsp3) is 0.176. The lowest BCUT2D eigenvalue weighted by Crippen LogP contribution is -2.15. The number of aromatic nitrogens is 2. The van der Waals surface area contributed by atoms with Gasteiger partial charge in [0.15, 0.2) is 0 Å². The van der Waals surface area contributed by atoms with E-state index in [2.05, 4.69) is 10.4 Å². The summed E-state index contributed by atoms with van der Waals surface area (Å²) in [5, 5.41) is 11.8. The van der Waals surface area contributed by atoms with Crippen LogP contribution in [0.1, 0.15) is 35.8 Å². The Labute approximate surface area is 143 Å². The molecule has 118 valence electrons. The second-order valence-electron chi connectivity index (χ2n) is 5.46. The summed E-state index contributed by atoms with van der Waals surface area (Å²) in [4.78, 5) is 12.6. The van der Waals surface area contributed by atoms with E-state index in [0.717, 1.165) is 17.1 Å². The topological polar surface area (TPSA) is 46.9 Å². The maximum absolute atomic E-state index is 12.6. The Bertz CT molecular complexity index is 824. The van der Waals surface area contributed by atoms with Gasteiger partial charge < -0.3 is 5.32 Å². The molecule has 0 unspecified atom stereocenters. The second kappa shape index (κ2) is 6.56. The quantitative estimate of drug-likeness (QED) is 0.726. The number of rotatable bonds is 4. The maximum Gasteiger partial charge on any atom is 0.259 e. The van der Waals surface area contributed by atoms with E-state index in [1.54, 1.807) is 22.2 Å². The molecular weight excluding hydrogens is 330 g/mol. The molecule has 6 heteroatoms. The number of amides is 1. The minimum Gasteiger partial charge on any atom is -0.321 e. The summed E-state index contributed by atoms with van der Waals surface area (Å²) in [6, 6.07) is 9.31. The van der Waals surface area contributed by atoms with Gasteiger partial charge in [0.1, 0.15) is 0 Å². The lowest BCUT2D eigenvalue weighted by Gasteiger charge is -2.13. The van der Waals surface area contributed by atoms with Crippen LogP contribution in [0.15, 0.2) is 47.3 Å². The van der Waals surface area contributed by atoms with Gasteiger partial charge in [0, 0.05) is 10.4 Å². The van der Waals surface area contributed by atoms with Gasteiger partial charge in [0.2, 0.25) is 0 Å². The highest BCUT2D eigenvalue weighted by Crippen LogP contribution is 2.25. The van der Waals surface area contributed by atoms with Crippen LogP contribution < -0.4 is 5.32 Å². The van der Waals surface area contributed by atoms with E-state index in [9.17, 15) is 4.79 Å². The van der Waals surface area contributed by atoms with Crippen LogP contribution in [0.4, 0.5) is 5.69 Å². The smallest absolute Gasteiger partial charge is 0.259 e. The molecule has 0 saturated heterocycles. The lowest BCUT2D eigenvalue weighted by molar-refractivity contribution is 0.102. The molecule has 0 saturated carbocycles. The van der Waals surface area contributed by atoms with Crippen LogP contribution in [0.3, 0.4) is 0 Å². The van der Waals surface area contributed by atoms with Crippen molar-refractivity contribution < 1.29 is 4.79 Å². The van der Waals surface area contributed by atoms with Crippen molar-refractivity contribution in [3.63, 3.8) is 0 Å². The van der Waals surface area contributed by atoms with E-state index in [4.69, 9.17) is 11.6 Å². The Morgan fingerprint density at radius 2 is 2.17 bits per heavy atom. The van der Waals surface area contributed by atoms with Crippen LogP contribution in [0.2, 0.25) is 5.02 Å². The SMILES string of the molecule is CC(C)c1c(C(=O)Nc2ccsc2)cnn1-c1cccc(Cl)c1. The van der Waals surface area contributed by atoms with Gasteiger partial charge in [-0.3, -0.25) is 4.79 Å². The van der Waals surface area contributed by atoms with Gasteiger partial charge in [-0.15, -0.1) is 0 Å². The molecule has 0 bridgehead atoms. The summed E-state index contributed by atoms with van der Waals surface area (Å²) < 4.78 is 1.78. The van der Waals surface area contributed by atoms with Crippen molar-refractivity contribution in [2.45, 2.75) is 19.8 Å². The average molecular weight is 346 g/mol. The van der Waals surface area contributed by atoms with E-state index >= 15 is 0 Å². The van der Waals surface area contributed by atoms with Crippen LogP contribution in [0.5, 0.6) is 0 Å². The van der Waals surface area contributed by atoms with Crippen molar-refractivity contribution in [1.29, 1.82) is 0 Å². The van der Waals surface area contributed by atoms with Gasteiger partial charge in [-0.25, -0.2) is 4.68 Å². The Morgan fingerprint density at radius 3 is 2.83 bits per heavy atom. The Balaban J connectivity index is 2.00. The highest BCUT2D eigenvalue weighted by Gasteiger charge is 2.21. The number of halogens is 1. The standard InChI is InChI=1S/C17H16ClN3OS/c1-11(2)16-15(17(22)20-13-6-7-23-10-13)9-19-21(16)14-5-3-4-12(18)8-14/h3-11H,1-2H3,(H,20,22). The van der Waals surface area contributed by atoms with Gasteiger partial charge in [0.25, 0.3) is 5.91 Å². The number of nitrogens with zero attached hydrogens (tertiary/aromatic N) is 2. The molecule has 0 aliphatic heterocycles. The molecule has 4 nitrogen and oxygen atoms in total. The maximum atomic E-state index is 12.6. The molecule has 2 heterocycles. The van der Waals surface area contributed by atoms with E-state index in [-0.39, 0.29) is 11.8 Å². The molecule has 2 aromatic heterocycles. The van der Waals surface area contributed by atoms with E-state index in [0.29, 0.717) is 10.6 Å². The zero-order valence-corrected chi connectivity index (χ0v) is 14.4. The largest absolute Gasteiger partial charge is 0.321 e. The highest BCUT2D eigenvalue weighted by atomic mass is 35.5. The molecule has 3 aromatic rings. The van der Waals surface area contributed by atoms with E-state index < -0.39 is 0 Å². The Kier molecular flexibility index (Phi) is 4.50. The molecule has 0 fully saturated rings. The highest BCUT2D eigenvalue weighted by molar-refractivity contribution is 7.08. The van der Waals surface area contributed by atoms with Crippen molar-refractivity contribution in [2.75, 3.05) is 5.32 Å². The van der Waals surface area contributed by atoms with E-state index in [1.807, 2.05) is 54.9 Å². The van der Waals surface area contributed by atoms with Crippen LogP contribution in [-0.4, -0.2) is 15.7 Å². The van der Waals surface area contributed by atoms with Crippen molar-refractivity contribution >= 4 is 34.5 Å². The molecule has 0 aliphatic carbocycles. The van der Waals surface area contributed by atoms with Crippen molar-refractivity contribution in [3.8, 4) is 5.69 Å². The van der Waals surface area contributed by atoms with Crippen LogP contribution in [0.25, 0.3) is 5.69 Å². The lowest BCUT2D eigenvalue weighted by atomic mass is 10.0. The minimum absolute atomic E-state index is 0.139. The summed E-state index contributed by atoms with van der Waals surface area (Å²) >= 11 is 7.61. The van der Waals surface area contributed by atoms with Gasteiger partial charge in [0.05, 0.1) is 28.8 Å². The fourth-order valence-electron chi connectivity index (χ4n) is 2.44. The zero-order valence-electron chi connectivity index (χ0n) is 12.8. The van der Waals surface area contributed by atoms with Crippen molar-refractivity contribution in [1.82, 2.24) is 9.78 Å².